The number of carbonyl (C=O) groups is 2. The zero-order valence-corrected chi connectivity index (χ0v) is 20.3. The molecule has 0 spiro atoms. The summed E-state index contributed by atoms with van der Waals surface area (Å²) in [5, 5.41) is 4.66. The molecule has 0 saturated heterocycles. The summed E-state index contributed by atoms with van der Waals surface area (Å²) in [6.45, 7) is 1.46. The monoisotopic (exact) mass is 476 g/mol. The van der Waals surface area contributed by atoms with Crippen molar-refractivity contribution in [3.8, 4) is 0 Å². The lowest BCUT2D eigenvalue weighted by Gasteiger charge is -2.39. The van der Waals surface area contributed by atoms with Crippen molar-refractivity contribution in [2.45, 2.75) is 82.9 Å². The second-order valence-electron chi connectivity index (χ2n) is 9.06. The molecule has 8 nitrogen and oxygen atoms in total. The van der Waals surface area contributed by atoms with Gasteiger partial charge in [-0.1, -0.05) is 68.9 Å². The molecule has 8 heteroatoms. The van der Waals surface area contributed by atoms with Crippen LogP contribution in [0.2, 0.25) is 0 Å². The molecule has 2 aliphatic rings. The Morgan fingerprint density at radius 2 is 1.44 bits per heavy atom. The average molecular weight is 477 g/mol. The number of carbonyl (C=O) groups excluding carboxylic acids is 2. The highest BCUT2D eigenvalue weighted by Crippen LogP contribution is 2.30. The molecule has 0 heterocycles. The van der Waals surface area contributed by atoms with Crippen LogP contribution in [0.15, 0.2) is 30.3 Å². The number of benzene rings is 1. The topological polar surface area (TPSA) is 86.3 Å². The molecule has 34 heavy (non-hydrogen) atoms. The third-order valence-corrected chi connectivity index (χ3v) is 6.40. The van der Waals surface area contributed by atoms with Gasteiger partial charge in [-0.25, -0.2) is 9.59 Å². The van der Waals surface area contributed by atoms with Crippen LogP contribution in [0, 0.1) is 0 Å². The number of amides is 1. The highest BCUT2D eigenvalue weighted by atomic mass is 16.7. The van der Waals surface area contributed by atoms with Gasteiger partial charge in [0.1, 0.15) is 13.2 Å². The number of hydrogen-bond donors (Lipinski definition) is 1. The second-order valence-corrected chi connectivity index (χ2v) is 9.06. The summed E-state index contributed by atoms with van der Waals surface area (Å²) in [6.07, 6.45) is 11.3. The first-order chi connectivity index (χ1) is 16.7. The molecule has 1 aromatic rings. The van der Waals surface area contributed by atoms with Gasteiger partial charge < -0.3 is 24.4 Å². The molecular weight excluding hydrogens is 436 g/mol. The van der Waals surface area contributed by atoms with Crippen LogP contribution in [0.5, 0.6) is 0 Å². The Morgan fingerprint density at radius 3 is 2.09 bits per heavy atom. The van der Waals surface area contributed by atoms with Gasteiger partial charge >= 0.3 is 12.1 Å². The van der Waals surface area contributed by atoms with Crippen molar-refractivity contribution in [3.63, 3.8) is 0 Å². The molecule has 0 radical (unpaired) electrons. The van der Waals surface area contributed by atoms with Crippen molar-refractivity contribution in [1.29, 1.82) is 0 Å². The number of nitrogens with one attached hydrogen (secondary N) is 1. The van der Waals surface area contributed by atoms with Crippen LogP contribution in [0.4, 0.5) is 4.79 Å². The van der Waals surface area contributed by atoms with E-state index in [-0.39, 0.29) is 19.2 Å². The zero-order chi connectivity index (χ0) is 23.8. The Morgan fingerprint density at radius 1 is 0.824 bits per heavy atom. The van der Waals surface area contributed by atoms with E-state index >= 15 is 0 Å². The van der Waals surface area contributed by atoms with Crippen LogP contribution < -0.4 is 5.32 Å². The Kier molecular flexibility index (Phi) is 12.2. The predicted molar refractivity (Wildman–Crippen MR) is 128 cm³/mol. The van der Waals surface area contributed by atoms with Crippen LogP contribution >= 0.6 is 0 Å². The smallest absolute Gasteiger partial charge is 0.407 e. The van der Waals surface area contributed by atoms with Gasteiger partial charge in [-0.15, -0.1) is 5.06 Å². The van der Waals surface area contributed by atoms with Gasteiger partial charge in [-0.05, 0) is 31.2 Å². The molecule has 1 aromatic carbocycles. The van der Waals surface area contributed by atoms with Crippen molar-refractivity contribution in [3.05, 3.63) is 35.9 Å². The maximum absolute atomic E-state index is 12.4. The maximum atomic E-state index is 12.4. The fourth-order valence-corrected chi connectivity index (χ4v) is 4.64. The molecule has 3 rings (SSSR count). The van der Waals surface area contributed by atoms with Crippen molar-refractivity contribution in [2.75, 3.05) is 33.0 Å². The minimum absolute atomic E-state index is 0.0800. The standard InChI is InChI=1S/C26H40N2O6/c29-25(34-28(23-12-6-2-7-13-23)24-14-8-3-9-15-24)21-32-19-18-31-17-16-27-26(30)33-20-22-10-4-1-5-11-22/h1,4-5,10-11,23-24H,2-3,6-9,12-21H2,(H,27,30). The van der Waals surface area contributed by atoms with Crippen LogP contribution in [-0.4, -0.2) is 62.2 Å². The van der Waals surface area contributed by atoms with Crippen LogP contribution in [0.25, 0.3) is 0 Å². The van der Waals surface area contributed by atoms with E-state index in [9.17, 15) is 9.59 Å². The molecule has 2 saturated carbocycles. The van der Waals surface area contributed by atoms with Gasteiger partial charge in [-0.3, -0.25) is 0 Å². The second kappa shape index (κ2) is 15.7. The van der Waals surface area contributed by atoms with Gasteiger partial charge in [0.05, 0.1) is 19.8 Å². The molecule has 2 fully saturated rings. The van der Waals surface area contributed by atoms with E-state index in [0.717, 1.165) is 31.2 Å². The molecule has 0 aliphatic heterocycles. The lowest BCUT2D eigenvalue weighted by atomic mass is 9.90. The number of rotatable bonds is 13. The first kappa shape index (κ1) is 26.4. The summed E-state index contributed by atoms with van der Waals surface area (Å²) >= 11 is 0. The largest absolute Gasteiger partial charge is 0.445 e. The van der Waals surface area contributed by atoms with Gasteiger partial charge in [-0.2, -0.15) is 0 Å². The molecule has 0 atom stereocenters. The summed E-state index contributed by atoms with van der Waals surface area (Å²) < 4.78 is 16.0. The van der Waals surface area contributed by atoms with E-state index in [4.69, 9.17) is 19.0 Å². The number of nitrogens with zero attached hydrogens (tertiary/aromatic N) is 1. The molecule has 190 valence electrons. The van der Waals surface area contributed by atoms with E-state index < -0.39 is 6.09 Å². The van der Waals surface area contributed by atoms with Crippen molar-refractivity contribution >= 4 is 12.1 Å². The number of hydroxylamine groups is 2. The highest BCUT2D eigenvalue weighted by molar-refractivity contribution is 5.70. The van der Waals surface area contributed by atoms with Crippen molar-refractivity contribution in [2.24, 2.45) is 0 Å². The van der Waals surface area contributed by atoms with Crippen molar-refractivity contribution in [1.82, 2.24) is 10.4 Å². The van der Waals surface area contributed by atoms with E-state index in [1.165, 1.54) is 38.5 Å². The minimum Gasteiger partial charge on any atom is -0.445 e. The Hall–Kier alpha value is -2.16. The lowest BCUT2D eigenvalue weighted by Crippen LogP contribution is -2.46. The van der Waals surface area contributed by atoms with Gasteiger partial charge in [0.15, 0.2) is 0 Å². The van der Waals surface area contributed by atoms with Gasteiger partial charge in [0, 0.05) is 18.6 Å². The molecule has 0 unspecified atom stereocenters. The molecular formula is C26H40N2O6. The maximum Gasteiger partial charge on any atom is 0.407 e. The minimum atomic E-state index is -0.480. The highest BCUT2D eigenvalue weighted by Gasteiger charge is 2.32. The normalized spacial score (nSPS) is 17.4. The number of ether oxygens (including phenoxy) is 3. The molecule has 1 amide bonds. The Bertz CT molecular complexity index is 687. The van der Waals surface area contributed by atoms with E-state index in [1.54, 1.807) is 0 Å². The van der Waals surface area contributed by atoms with Crippen LogP contribution in [0.1, 0.15) is 69.8 Å². The molecule has 0 aromatic heterocycles. The molecule has 2 aliphatic carbocycles. The summed E-state index contributed by atoms with van der Waals surface area (Å²) in [5.74, 6) is -0.334. The summed E-state index contributed by atoms with van der Waals surface area (Å²) in [7, 11) is 0. The summed E-state index contributed by atoms with van der Waals surface area (Å²) in [5.41, 5.74) is 0.935. The number of alkyl carbamates (subject to hydrolysis) is 1. The quantitative estimate of drug-likeness (QED) is 0.334. The first-order valence-electron chi connectivity index (χ1n) is 12.8. The van der Waals surface area contributed by atoms with Crippen LogP contribution in [-0.2, 0) is 30.4 Å². The van der Waals surface area contributed by atoms with Crippen molar-refractivity contribution < 1.29 is 28.6 Å². The van der Waals surface area contributed by atoms with E-state index in [0.29, 0.717) is 38.4 Å². The number of hydrogen-bond acceptors (Lipinski definition) is 7. The summed E-state index contributed by atoms with van der Waals surface area (Å²) in [4.78, 5) is 29.9. The first-order valence-corrected chi connectivity index (χ1v) is 12.8. The molecule has 0 bridgehead atoms. The predicted octanol–water partition coefficient (Wildman–Crippen LogP) is 4.37. The van der Waals surface area contributed by atoms with Gasteiger partial charge in [0.2, 0.25) is 0 Å². The Labute approximate surface area is 203 Å². The van der Waals surface area contributed by atoms with E-state index in [1.807, 2.05) is 35.4 Å². The lowest BCUT2D eigenvalue weighted by molar-refractivity contribution is -0.226. The van der Waals surface area contributed by atoms with E-state index in [2.05, 4.69) is 5.32 Å². The van der Waals surface area contributed by atoms with Gasteiger partial charge in [0.25, 0.3) is 0 Å². The molecule has 1 N–H and O–H groups in total. The SMILES string of the molecule is O=C(COCCOCCNC(=O)OCc1ccccc1)ON(C1CCCCC1)C1CCCCC1. The average Bonchev–Trinajstić information content (AvgIpc) is 2.89. The van der Waals surface area contributed by atoms with Crippen LogP contribution in [0.3, 0.4) is 0 Å². The third kappa shape index (κ3) is 9.99. The fraction of sp³-hybridized carbons (Fsp3) is 0.692. The third-order valence-electron chi connectivity index (χ3n) is 6.40. The fourth-order valence-electron chi connectivity index (χ4n) is 4.64. The summed E-state index contributed by atoms with van der Waals surface area (Å²) in [6, 6.07) is 10.2. The zero-order valence-electron chi connectivity index (χ0n) is 20.3. The Balaban J connectivity index is 1.22.